The van der Waals surface area contributed by atoms with Crippen LogP contribution in [-0.4, -0.2) is 36.2 Å². The van der Waals surface area contributed by atoms with E-state index in [4.69, 9.17) is 9.47 Å². The number of pyridine rings is 1. The highest BCUT2D eigenvalue weighted by atomic mass is 16.5. The topological polar surface area (TPSA) is 82.6 Å². The first kappa shape index (κ1) is 16.8. The van der Waals surface area contributed by atoms with Gasteiger partial charge in [0.1, 0.15) is 11.7 Å². The molecule has 1 rings (SSSR count). The first-order valence-electron chi connectivity index (χ1n) is 6.70. The number of ether oxygens (including phenoxy) is 2. The van der Waals surface area contributed by atoms with Gasteiger partial charge in [0.25, 0.3) is 0 Å². The molecule has 0 radical (unpaired) electrons. The van der Waals surface area contributed by atoms with E-state index in [2.05, 4.69) is 4.98 Å². The first-order chi connectivity index (χ1) is 10.0. The van der Waals surface area contributed by atoms with Crippen molar-refractivity contribution in [2.24, 2.45) is 5.92 Å². The van der Waals surface area contributed by atoms with Crippen molar-refractivity contribution in [3.05, 3.63) is 23.9 Å². The van der Waals surface area contributed by atoms with E-state index in [0.29, 0.717) is 0 Å². The third-order valence-corrected chi connectivity index (χ3v) is 2.90. The summed E-state index contributed by atoms with van der Waals surface area (Å²) in [5.41, 5.74) is 0.210. The first-order valence-corrected chi connectivity index (χ1v) is 6.70. The fourth-order valence-electron chi connectivity index (χ4n) is 1.88. The molecular weight excluding hydrogens is 274 g/mol. The van der Waals surface area contributed by atoms with Gasteiger partial charge in [-0.3, -0.25) is 9.59 Å². The van der Waals surface area contributed by atoms with E-state index in [0.717, 1.165) is 0 Å². The Balaban J connectivity index is 3.03. The lowest BCUT2D eigenvalue weighted by molar-refractivity contribution is -0.146. The van der Waals surface area contributed by atoms with E-state index in [1.807, 2.05) is 0 Å². The third-order valence-electron chi connectivity index (χ3n) is 2.90. The molecule has 0 saturated carbocycles. The second kappa shape index (κ2) is 8.14. The molecule has 1 heterocycles. The largest absolute Gasteiger partial charge is 0.480 e. The normalized spacial score (nSPS) is 11.6. The molecule has 0 aromatic carbocycles. The quantitative estimate of drug-likeness (QED) is 0.413. The van der Waals surface area contributed by atoms with Gasteiger partial charge in [-0.25, -0.2) is 4.98 Å². The van der Waals surface area contributed by atoms with Crippen LogP contribution >= 0.6 is 0 Å². The fraction of sp³-hybridized carbons (Fsp3) is 0.467. The Bertz CT molecular complexity index is 527. The van der Waals surface area contributed by atoms with Crippen LogP contribution in [0.15, 0.2) is 18.3 Å². The number of esters is 1. The number of hydrogen-bond acceptors (Lipinski definition) is 6. The van der Waals surface area contributed by atoms with Gasteiger partial charge in [-0.2, -0.15) is 0 Å². The van der Waals surface area contributed by atoms with Gasteiger partial charge in [0.15, 0.2) is 5.78 Å². The molecule has 1 aromatic heterocycles. The van der Waals surface area contributed by atoms with Crippen LogP contribution in [0, 0.1) is 5.92 Å². The highest BCUT2D eigenvalue weighted by molar-refractivity contribution is 6.10. The van der Waals surface area contributed by atoms with Crippen LogP contribution < -0.4 is 4.74 Å². The lowest BCUT2D eigenvalue weighted by atomic mass is 9.93. The van der Waals surface area contributed by atoms with Crippen molar-refractivity contribution in [3.63, 3.8) is 0 Å². The zero-order valence-electron chi connectivity index (χ0n) is 12.4. The molecule has 0 aliphatic carbocycles. The minimum absolute atomic E-state index is 0.0877. The molecule has 1 unspecified atom stereocenters. The lowest BCUT2D eigenvalue weighted by Crippen LogP contribution is -2.27. The van der Waals surface area contributed by atoms with Crippen LogP contribution in [0.5, 0.6) is 5.88 Å². The average molecular weight is 293 g/mol. The SMILES string of the molecule is CCOC(=O)C(CCC(C)=O)C(=O)c1cccnc1OC. The smallest absolute Gasteiger partial charge is 0.316 e. The van der Waals surface area contributed by atoms with Crippen molar-refractivity contribution in [1.29, 1.82) is 0 Å². The lowest BCUT2D eigenvalue weighted by Gasteiger charge is -2.15. The van der Waals surface area contributed by atoms with Gasteiger partial charge in [0.2, 0.25) is 5.88 Å². The summed E-state index contributed by atoms with van der Waals surface area (Å²) in [5.74, 6) is -2.03. The molecule has 0 amide bonds. The molecule has 0 saturated heterocycles. The van der Waals surface area contributed by atoms with Crippen molar-refractivity contribution in [2.45, 2.75) is 26.7 Å². The summed E-state index contributed by atoms with van der Waals surface area (Å²) in [4.78, 5) is 39.5. The summed E-state index contributed by atoms with van der Waals surface area (Å²) in [6, 6.07) is 3.12. The van der Waals surface area contributed by atoms with Gasteiger partial charge in [-0.15, -0.1) is 0 Å². The van der Waals surface area contributed by atoms with Crippen molar-refractivity contribution >= 4 is 17.5 Å². The number of aromatic nitrogens is 1. The van der Waals surface area contributed by atoms with Crippen molar-refractivity contribution in [3.8, 4) is 5.88 Å². The maximum Gasteiger partial charge on any atom is 0.316 e. The van der Waals surface area contributed by atoms with Gasteiger partial charge in [-0.1, -0.05) is 0 Å². The fourth-order valence-corrected chi connectivity index (χ4v) is 1.88. The third kappa shape index (κ3) is 4.66. The highest BCUT2D eigenvalue weighted by Crippen LogP contribution is 2.22. The zero-order chi connectivity index (χ0) is 15.8. The number of methoxy groups -OCH3 is 1. The van der Waals surface area contributed by atoms with Gasteiger partial charge < -0.3 is 14.3 Å². The molecule has 0 fully saturated rings. The average Bonchev–Trinajstić information content (AvgIpc) is 2.47. The van der Waals surface area contributed by atoms with E-state index < -0.39 is 17.7 Å². The molecule has 6 nitrogen and oxygen atoms in total. The molecule has 21 heavy (non-hydrogen) atoms. The van der Waals surface area contributed by atoms with Gasteiger partial charge in [0, 0.05) is 12.6 Å². The number of rotatable bonds is 8. The number of ketones is 2. The standard InChI is InChI=1S/C15H19NO5/c1-4-21-15(19)12(8-7-10(2)17)13(18)11-6-5-9-16-14(11)20-3/h5-6,9,12H,4,7-8H2,1-3H3. The van der Waals surface area contributed by atoms with Crippen LogP contribution in [0.25, 0.3) is 0 Å². The second-order valence-corrected chi connectivity index (χ2v) is 4.47. The van der Waals surface area contributed by atoms with Gasteiger partial charge >= 0.3 is 5.97 Å². The molecule has 6 heteroatoms. The number of nitrogens with zero attached hydrogens (tertiary/aromatic N) is 1. The number of carbonyl (C=O) groups excluding carboxylic acids is 3. The Hall–Kier alpha value is -2.24. The highest BCUT2D eigenvalue weighted by Gasteiger charge is 2.31. The van der Waals surface area contributed by atoms with E-state index in [1.165, 1.54) is 26.3 Å². The van der Waals surface area contributed by atoms with Crippen LogP contribution in [0.2, 0.25) is 0 Å². The summed E-state index contributed by atoms with van der Waals surface area (Å²) in [6.45, 7) is 3.25. The zero-order valence-corrected chi connectivity index (χ0v) is 12.4. The number of Topliss-reactive ketones (excluding diaryl/α,β-unsaturated/α-hetero) is 2. The predicted molar refractivity (Wildman–Crippen MR) is 75.2 cm³/mol. The molecule has 1 atom stereocenters. The van der Waals surface area contributed by atoms with E-state index in [9.17, 15) is 14.4 Å². The van der Waals surface area contributed by atoms with E-state index >= 15 is 0 Å². The van der Waals surface area contributed by atoms with E-state index in [1.54, 1.807) is 13.0 Å². The minimum atomic E-state index is -1.02. The Morgan fingerprint density at radius 3 is 2.62 bits per heavy atom. The summed E-state index contributed by atoms with van der Waals surface area (Å²) in [7, 11) is 1.40. The summed E-state index contributed by atoms with van der Waals surface area (Å²) < 4.78 is 9.95. The van der Waals surface area contributed by atoms with Crippen LogP contribution in [0.4, 0.5) is 0 Å². The summed E-state index contributed by atoms with van der Waals surface area (Å²) in [6.07, 6.45) is 1.74. The minimum Gasteiger partial charge on any atom is -0.480 e. The van der Waals surface area contributed by atoms with Crippen molar-refractivity contribution in [1.82, 2.24) is 4.98 Å². The second-order valence-electron chi connectivity index (χ2n) is 4.47. The molecule has 0 aliphatic heterocycles. The Morgan fingerprint density at radius 1 is 1.33 bits per heavy atom. The molecule has 1 aromatic rings. The number of carbonyl (C=O) groups is 3. The van der Waals surface area contributed by atoms with Crippen LogP contribution in [-0.2, 0) is 14.3 Å². The number of hydrogen-bond donors (Lipinski definition) is 0. The maximum atomic E-state index is 12.5. The van der Waals surface area contributed by atoms with Crippen LogP contribution in [0.1, 0.15) is 37.0 Å². The molecular formula is C15H19NO5. The Labute approximate surface area is 123 Å². The monoisotopic (exact) mass is 293 g/mol. The Morgan fingerprint density at radius 2 is 2.05 bits per heavy atom. The van der Waals surface area contributed by atoms with Crippen molar-refractivity contribution < 1.29 is 23.9 Å². The predicted octanol–water partition coefficient (Wildman–Crippen LogP) is 1.82. The molecule has 0 N–H and O–H groups in total. The van der Waals surface area contributed by atoms with Gasteiger partial charge in [0.05, 0.1) is 19.3 Å². The molecule has 0 bridgehead atoms. The van der Waals surface area contributed by atoms with E-state index in [-0.39, 0.29) is 36.7 Å². The molecule has 0 spiro atoms. The summed E-state index contributed by atoms with van der Waals surface area (Å²) in [5, 5.41) is 0. The maximum absolute atomic E-state index is 12.5. The van der Waals surface area contributed by atoms with Crippen LogP contribution in [0.3, 0.4) is 0 Å². The van der Waals surface area contributed by atoms with Crippen molar-refractivity contribution in [2.75, 3.05) is 13.7 Å². The van der Waals surface area contributed by atoms with Gasteiger partial charge in [-0.05, 0) is 32.4 Å². The summed E-state index contributed by atoms with van der Waals surface area (Å²) >= 11 is 0. The molecule has 114 valence electrons. The molecule has 0 aliphatic rings. The Kier molecular flexibility index (Phi) is 6.52.